The molecule has 2 heterocycles. The van der Waals surface area contributed by atoms with Crippen LogP contribution in [0.3, 0.4) is 0 Å². The van der Waals surface area contributed by atoms with E-state index < -0.39 is 18.2 Å². The summed E-state index contributed by atoms with van der Waals surface area (Å²) in [5.74, 6) is -1.26. The molecule has 2 aliphatic rings. The van der Waals surface area contributed by atoms with Gasteiger partial charge in [0.05, 0.1) is 0 Å². The first-order valence-electron chi connectivity index (χ1n) is 8.12. The fourth-order valence-corrected chi connectivity index (χ4v) is 3.22. The van der Waals surface area contributed by atoms with Gasteiger partial charge >= 0.3 is 5.97 Å². The van der Waals surface area contributed by atoms with Crippen LogP contribution in [-0.4, -0.2) is 41.6 Å². The number of benzene rings is 1. The van der Waals surface area contributed by atoms with E-state index in [1.807, 2.05) is 19.1 Å². The minimum Gasteiger partial charge on any atom is -0.479 e. The zero-order valence-electron chi connectivity index (χ0n) is 13.4. The molecule has 0 radical (unpaired) electrons. The summed E-state index contributed by atoms with van der Waals surface area (Å²) in [5.41, 5.74) is 2.53. The van der Waals surface area contributed by atoms with Gasteiger partial charge in [-0.2, -0.15) is 0 Å². The van der Waals surface area contributed by atoms with Crippen molar-refractivity contribution in [3.63, 3.8) is 0 Å². The van der Waals surface area contributed by atoms with Gasteiger partial charge in [-0.15, -0.1) is 0 Å². The van der Waals surface area contributed by atoms with Crippen LogP contribution in [0.2, 0.25) is 0 Å². The molecule has 2 aliphatic heterocycles. The van der Waals surface area contributed by atoms with Crippen LogP contribution < -0.4 is 10.2 Å². The monoisotopic (exact) mass is 332 g/mol. The van der Waals surface area contributed by atoms with Crippen LogP contribution in [0, 0.1) is 0 Å². The average Bonchev–Trinajstić information content (AvgIpc) is 3.05. The summed E-state index contributed by atoms with van der Waals surface area (Å²) in [7, 11) is 0. The summed E-state index contributed by atoms with van der Waals surface area (Å²) in [6.07, 6.45) is 0.195. The molecule has 1 aromatic carbocycles. The number of fused-ring (bicyclic) bond motifs is 1. The average molecular weight is 332 g/mol. The van der Waals surface area contributed by atoms with Gasteiger partial charge in [0.1, 0.15) is 6.10 Å². The predicted octanol–water partition coefficient (Wildman–Crippen LogP) is 1.56. The lowest BCUT2D eigenvalue weighted by atomic mass is 10.0. The fourth-order valence-electron chi connectivity index (χ4n) is 3.22. The standard InChI is InChI=1S/C17H20N2O5/c1-2-19-12-5-4-11(9-10(12)3-8-15(19)20)18-16(21)13-6-7-14(24-13)17(22)23/h4-5,9,13-14H,2-3,6-8H2,1H3,(H,18,21)(H,22,23)/t13-,14+/m0/s1. The van der Waals surface area contributed by atoms with Crippen molar-refractivity contribution in [3.05, 3.63) is 23.8 Å². The van der Waals surface area contributed by atoms with Crippen molar-refractivity contribution in [2.45, 2.75) is 44.8 Å². The Hall–Kier alpha value is -2.41. The molecule has 3 rings (SSSR count). The first kappa shape index (κ1) is 16.4. The largest absolute Gasteiger partial charge is 0.479 e. The highest BCUT2D eigenvalue weighted by Gasteiger charge is 2.34. The summed E-state index contributed by atoms with van der Waals surface area (Å²) >= 11 is 0. The molecule has 1 saturated heterocycles. The van der Waals surface area contributed by atoms with Crippen molar-refractivity contribution in [2.24, 2.45) is 0 Å². The lowest BCUT2D eigenvalue weighted by molar-refractivity contribution is -0.150. The van der Waals surface area contributed by atoms with Crippen molar-refractivity contribution < 1.29 is 24.2 Å². The molecule has 128 valence electrons. The summed E-state index contributed by atoms with van der Waals surface area (Å²) in [4.78, 5) is 36.8. The molecule has 0 saturated carbocycles. The SMILES string of the molecule is CCN1C(=O)CCc2cc(NC(=O)[C@@H]3CC[C@H](C(=O)O)O3)ccc21. The van der Waals surface area contributed by atoms with Crippen molar-refractivity contribution in [3.8, 4) is 0 Å². The van der Waals surface area contributed by atoms with E-state index in [1.165, 1.54) is 0 Å². The van der Waals surface area contributed by atoms with E-state index in [-0.39, 0.29) is 11.8 Å². The Balaban J connectivity index is 1.70. The van der Waals surface area contributed by atoms with Gasteiger partial charge in [0.15, 0.2) is 6.10 Å². The zero-order chi connectivity index (χ0) is 17.3. The molecule has 24 heavy (non-hydrogen) atoms. The third-order valence-corrected chi connectivity index (χ3v) is 4.45. The number of nitrogens with one attached hydrogen (secondary N) is 1. The molecule has 2 amide bonds. The van der Waals surface area contributed by atoms with Crippen molar-refractivity contribution in [1.29, 1.82) is 0 Å². The number of carbonyl (C=O) groups is 3. The molecule has 1 aromatic rings. The highest BCUT2D eigenvalue weighted by molar-refractivity contribution is 5.98. The Morgan fingerprint density at radius 2 is 2.04 bits per heavy atom. The number of rotatable bonds is 4. The molecule has 2 atom stereocenters. The van der Waals surface area contributed by atoms with Crippen LogP contribution >= 0.6 is 0 Å². The molecule has 0 aromatic heterocycles. The van der Waals surface area contributed by atoms with E-state index in [4.69, 9.17) is 9.84 Å². The molecule has 0 spiro atoms. The summed E-state index contributed by atoms with van der Waals surface area (Å²) in [6.45, 7) is 2.54. The summed E-state index contributed by atoms with van der Waals surface area (Å²) in [5, 5.41) is 11.7. The first-order valence-corrected chi connectivity index (χ1v) is 8.12. The minimum atomic E-state index is -1.04. The number of carboxylic acids is 1. The van der Waals surface area contributed by atoms with Gasteiger partial charge in [-0.25, -0.2) is 4.79 Å². The number of hydrogen-bond acceptors (Lipinski definition) is 4. The second-order valence-corrected chi connectivity index (χ2v) is 6.00. The maximum Gasteiger partial charge on any atom is 0.332 e. The van der Waals surface area contributed by atoms with Crippen molar-refractivity contribution in [2.75, 3.05) is 16.8 Å². The van der Waals surface area contributed by atoms with Gasteiger partial charge in [-0.3, -0.25) is 9.59 Å². The van der Waals surface area contributed by atoms with E-state index in [1.54, 1.807) is 11.0 Å². The topological polar surface area (TPSA) is 95.9 Å². The predicted molar refractivity (Wildman–Crippen MR) is 87.0 cm³/mol. The van der Waals surface area contributed by atoms with E-state index in [2.05, 4.69) is 5.32 Å². The van der Waals surface area contributed by atoms with E-state index in [0.29, 0.717) is 37.9 Å². The fraction of sp³-hybridized carbons (Fsp3) is 0.471. The molecule has 0 bridgehead atoms. The van der Waals surface area contributed by atoms with Gasteiger partial charge in [0, 0.05) is 24.3 Å². The Morgan fingerprint density at radius 3 is 2.71 bits per heavy atom. The zero-order valence-corrected chi connectivity index (χ0v) is 13.4. The smallest absolute Gasteiger partial charge is 0.332 e. The van der Waals surface area contributed by atoms with E-state index >= 15 is 0 Å². The molecule has 0 unspecified atom stereocenters. The third-order valence-electron chi connectivity index (χ3n) is 4.45. The molecule has 7 nitrogen and oxygen atoms in total. The number of carbonyl (C=O) groups excluding carboxylic acids is 2. The lowest BCUT2D eigenvalue weighted by Gasteiger charge is -2.28. The van der Waals surface area contributed by atoms with Crippen LogP contribution in [0.5, 0.6) is 0 Å². The second-order valence-electron chi connectivity index (χ2n) is 6.00. The summed E-state index contributed by atoms with van der Waals surface area (Å²) in [6, 6.07) is 5.45. The molecule has 2 N–H and O–H groups in total. The number of ether oxygens (including phenoxy) is 1. The van der Waals surface area contributed by atoms with Crippen LogP contribution in [0.4, 0.5) is 11.4 Å². The maximum absolute atomic E-state index is 12.2. The van der Waals surface area contributed by atoms with Gasteiger partial charge < -0.3 is 20.1 Å². The number of hydrogen-bond donors (Lipinski definition) is 2. The van der Waals surface area contributed by atoms with Crippen LogP contribution in [-0.2, 0) is 25.5 Å². The van der Waals surface area contributed by atoms with Crippen LogP contribution in [0.15, 0.2) is 18.2 Å². The molecular weight excluding hydrogens is 312 g/mol. The normalized spacial score (nSPS) is 23.0. The number of carboxylic acid groups (broad SMARTS) is 1. The maximum atomic E-state index is 12.2. The summed E-state index contributed by atoms with van der Waals surface area (Å²) < 4.78 is 5.25. The minimum absolute atomic E-state index is 0.112. The first-order chi connectivity index (χ1) is 11.5. The van der Waals surface area contributed by atoms with Gasteiger partial charge in [0.25, 0.3) is 5.91 Å². The number of aryl methyl sites for hydroxylation is 1. The third kappa shape index (κ3) is 3.12. The number of nitrogens with zero attached hydrogens (tertiary/aromatic N) is 1. The lowest BCUT2D eigenvalue weighted by Crippen LogP contribution is -2.35. The molecular formula is C17H20N2O5. The molecule has 0 aliphatic carbocycles. The highest BCUT2D eigenvalue weighted by atomic mass is 16.5. The van der Waals surface area contributed by atoms with Crippen molar-refractivity contribution >= 4 is 29.2 Å². The Bertz CT molecular complexity index is 688. The quantitative estimate of drug-likeness (QED) is 0.872. The highest BCUT2D eigenvalue weighted by Crippen LogP contribution is 2.30. The Morgan fingerprint density at radius 1 is 1.29 bits per heavy atom. The van der Waals surface area contributed by atoms with E-state index in [0.717, 1.165) is 11.3 Å². The van der Waals surface area contributed by atoms with Crippen LogP contribution in [0.1, 0.15) is 31.7 Å². The number of anilines is 2. The van der Waals surface area contributed by atoms with Crippen molar-refractivity contribution in [1.82, 2.24) is 0 Å². The molecule has 1 fully saturated rings. The van der Waals surface area contributed by atoms with Crippen LogP contribution in [0.25, 0.3) is 0 Å². The van der Waals surface area contributed by atoms with Gasteiger partial charge in [-0.1, -0.05) is 0 Å². The second kappa shape index (κ2) is 6.60. The van der Waals surface area contributed by atoms with Gasteiger partial charge in [-0.05, 0) is 49.9 Å². The molecule has 7 heteroatoms. The van der Waals surface area contributed by atoms with E-state index in [9.17, 15) is 14.4 Å². The number of aliphatic carboxylic acids is 1. The Kier molecular flexibility index (Phi) is 4.53. The Labute approximate surface area is 139 Å². The van der Waals surface area contributed by atoms with Gasteiger partial charge in [0.2, 0.25) is 5.91 Å². The number of amides is 2.